The van der Waals surface area contributed by atoms with Gasteiger partial charge in [-0.3, -0.25) is 4.79 Å². The second-order valence-electron chi connectivity index (χ2n) is 3.99. The minimum atomic E-state index is -0.0505. The van der Waals surface area contributed by atoms with Gasteiger partial charge in [-0.2, -0.15) is 17.0 Å². The molecule has 1 fully saturated rings. The number of benzene rings is 1. The number of nitrogens with one attached hydrogen (secondary N) is 1. The number of rotatable bonds is 5. The van der Waals surface area contributed by atoms with Crippen molar-refractivity contribution < 1.29 is 9.53 Å². The predicted molar refractivity (Wildman–Crippen MR) is 71.5 cm³/mol. The molecule has 2 rings (SSSR count). The standard InChI is InChI=1S/C13H14N2O2S/c14-7-10-3-1-2-4-12(10)15-13(16)5-6-18-11-8-17-9-11/h1-4,11H,5-6,8-9H2,(H,15,16). The second kappa shape index (κ2) is 6.43. The molecule has 0 radical (unpaired) electrons. The van der Waals surface area contributed by atoms with Crippen molar-refractivity contribution in [1.82, 2.24) is 0 Å². The fourth-order valence-corrected chi connectivity index (χ4v) is 2.55. The molecule has 1 aliphatic heterocycles. The highest BCUT2D eigenvalue weighted by atomic mass is 32.2. The van der Waals surface area contributed by atoms with Gasteiger partial charge in [0.25, 0.3) is 0 Å². The van der Waals surface area contributed by atoms with Crippen molar-refractivity contribution in [1.29, 1.82) is 5.26 Å². The Bertz CT molecular complexity index is 466. The van der Waals surface area contributed by atoms with Gasteiger partial charge in [0.05, 0.1) is 29.7 Å². The third-order valence-corrected chi connectivity index (χ3v) is 3.80. The van der Waals surface area contributed by atoms with Crippen LogP contribution in [0.4, 0.5) is 5.69 Å². The van der Waals surface area contributed by atoms with Gasteiger partial charge in [0.15, 0.2) is 0 Å². The Morgan fingerprint density at radius 3 is 2.94 bits per heavy atom. The molecule has 0 saturated carbocycles. The number of carbonyl (C=O) groups is 1. The summed E-state index contributed by atoms with van der Waals surface area (Å²) in [5.74, 6) is 0.736. The molecule has 0 atom stereocenters. The first kappa shape index (κ1) is 12.9. The molecule has 1 N–H and O–H groups in total. The largest absolute Gasteiger partial charge is 0.379 e. The quantitative estimate of drug-likeness (QED) is 0.881. The fraction of sp³-hybridized carbons (Fsp3) is 0.385. The van der Waals surface area contributed by atoms with Gasteiger partial charge in [-0.1, -0.05) is 12.1 Å². The van der Waals surface area contributed by atoms with Crippen molar-refractivity contribution in [3.05, 3.63) is 29.8 Å². The van der Waals surface area contributed by atoms with Crippen LogP contribution in [0.1, 0.15) is 12.0 Å². The Morgan fingerprint density at radius 1 is 1.50 bits per heavy atom. The number of amides is 1. The smallest absolute Gasteiger partial charge is 0.225 e. The number of carbonyl (C=O) groups excluding carboxylic acids is 1. The summed E-state index contributed by atoms with van der Waals surface area (Å²) in [6.07, 6.45) is 0.459. The Kier molecular flexibility index (Phi) is 4.62. The third kappa shape index (κ3) is 3.49. The monoisotopic (exact) mass is 262 g/mol. The van der Waals surface area contributed by atoms with Crippen LogP contribution in [0.15, 0.2) is 24.3 Å². The summed E-state index contributed by atoms with van der Waals surface area (Å²) >= 11 is 1.76. The summed E-state index contributed by atoms with van der Waals surface area (Å²) in [7, 11) is 0. The van der Waals surface area contributed by atoms with Gasteiger partial charge >= 0.3 is 0 Å². The zero-order chi connectivity index (χ0) is 12.8. The molecule has 0 bridgehead atoms. The summed E-state index contributed by atoms with van der Waals surface area (Å²) in [5, 5.41) is 12.2. The Balaban J connectivity index is 1.77. The molecule has 94 valence electrons. The van der Waals surface area contributed by atoms with Crippen LogP contribution in [-0.4, -0.2) is 30.1 Å². The van der Waals surface area contributed by atoms with Crippen LogP contribution in [0, 0.1) is 11.3 Å². The van der Waals surface area contributed by atoms with Gasteiger partial charge in [0, 0.05) is 12.2 Å². The predicted octanol–water partition coefficient (Wildman–Crippen LogP) is 2.02. The van der Waals surface area contributed by atoms with E-state index in [9.17, 15) is 4.79 Å². The maximum Gasteiger partial charge on any atom is 0.225 e. The molecule has 0 unspecified atom stereocenters. The van der Waals surface area contributed by atoms with Crippen molar-refractivity contribution in [3.8, 4) is 6.07 Å². The summed E-state index contributed by atoms with van der Waals surface area (Å²) in [5.41, 5.74) is 1.08. The number of thioether (sulfide) groups is 1. The number of nitriles is 1. The first-order valence-electron chi connectivity index (χ1n) is 5.78. The minimum absolute atomic E-state index is 0.0505. The number of anilines is 1. The first-order chi connectivity index (χ1) is 8.79. The van der Waals surface area contributed by atoms with Crippen LogP contribution in [0.25, 0.3) is 0 Å². The molecule has 1 saturated heterocycles. The molecule has 1 aliphatic rings. The lowest BCUT2D eigenvalue weighted by Gasteiger charge is -2.24. The summed E-state index contributed by atoms with van der Waals surface area (Å²) in [6, 6.07) is 9.07. The van der Waals surface area contributed by atoms with Crippen molar-refractivity contribution >= 4 is 23.4 Å². The number of ether oxygens (including phenoxy) is 1. The van der Waals surface area contributed by atoms with E-state index in [4.69, 9.17) is 10.00 Å². The molecule has 0 aromatic heterocycles. The third-order valence-electron chi connectivity index (χ3n) is 2.61. The molecular formula is C13H14N2O2S. The number of hydrogen-bond acceptors (Lipinski definition) is 4. The average Bonchev–Trinajstić information content (AvgIpc) is 2.33. The topological polar surface area (TPSA) is 62.1 Å². The van der Waals surface area contributed by atoms with Gasteiger partial charge in [0.1, 0.15) is 6.07 Å². The normalized spacial score (nSPS) is 14.6. The van der Waals surface area contributed by atoms with Crippen LogP contribution in [0.3, 0.4) is 0 Å². The van der Waals surface area contributed by atoms with Gasteiger partial charge < -0.3 is 10.1 Å². The van der Waals surface area contributed by atoms with Crippen LogP contribution in [0.5, 0.6) is 0 Å². The van der Waals surface area contributed by atoms with Gasteiger partial charge in [-0.15, -0.1) is 0 Å². The highest BCUT2D eigenvalue weighted by Crippen LogP contribution is 2.20. The molecule has 18 heavy (non-hydrogen) atoms. The summed E-state index contributed by atoms with van der Waals surface area (Å²) < 4.78 is 5.06. The van der Waals surface area contributed by atoms with E-state index >= 15 is 0 Å². The molecule has 1 aromatic rings. The van der Waals surface area contributed by atoms with E-state index in [-0.39, 0.29) is 5.91 Å². The number of para-hydroxylation sites is 1. The lowest BCUT2D eigenvalue weighted by Crippen LogP contribution is -2.30. The van der Waals surface area contributed by atoms with Crippen LogP contribution < -0.4 is 5.32 Å². The molecule has 1 amide bonds. The Morgan fingerprint density at radius 2 is 2.28 bits per heavy atom. The molecule has 1 heterocycles. The van der Waals surface area contributed by atoms with Gasteiger partial charge in [-0.05, 0) is 12.1 Å². The maximum absolute atomic E-state index is 11.7. The molecule has 0 aliphatic carbocycles. The van der Waals surface area contributed by atoms with Crippen molar-refractivity contribution in [2.45, 2.75) is 11.7 Å². The number of hydrogen-bond donors (Lipinski definition) is 1. The zero-order valence-electron chi connectivity index (χ0n) is 9.89. The highest BCUT2D eigenvalue weighted by molar-refractivity contribution is 8.00. The van der Waals surface area contributed by atoms with E-state index in [1.807, 2.05) is 0 Å². The average molecular weight is 262 g/mol. The van der Waals surface area contributed by atoms with Crippen LogP contribution >= 0.6 is 11.8 Å². The number of nitrogens with zero attached hydrogens (tertiary/aromatic N) is 1. The minimum Gasteiger partial charge on any atom is -0.379 e. The molecule has 0 spiro atoms. The van der Waals surface area contributed by atoms with Gasteiger partial charge in [0.2, 0.25) is 5.91 Å². The molecule has 5 heteroatoms. The Labute approximate surface area is 110 Å². The second-order valence-corrected chi connectivity index (χ2v) is 5.39. The van der Waals surface area contributed by atoms with Crippen molar-refractivity contribution in [2.75, 3.05) is 24.3 Å². The highest BCUT2D eigenvalue weighted by Gasteiger charge is 2.18. The van der Waals surface area contributed by atoms with E-state index < -0.39 is 0 Å². The summed E-state index contributed by atoms with van der Waals surface area (Å²) in [6.45, 7) is 1.59. The van der Waals surface area contributed by atoms with E-state index in [1.165, 1.54) is 0 Å². The van der Waals surface area contributed by atoms with Crippen LogP contribution in [-0.2, 0) is 9.53 Å². The molecule has 4 nitrogen and oxygen atoms in total. The lowest BCUT2D eigenvalue weighted by molar-refractivity contribution is -0.115. The lowest BCUT2D eigenvalue weighted by atomic mass is 10.2. The van der Waals surface area contributed by atoms with Crippen molar-refractivity contribution in [3.63, 3.8) is 0 Å². The Hall–Kier alpha value is -1.51. The summed E-state index contributed by atoms with van der Waals surface area (Å²) in [4.78, 5) is 11.7. The zero-order valence-corrected chi connectivity index (χ0v) is 10.7. The maximum atomic E-state index is 11.7. The first-order valence-corrected chi connectivity index (χ1v) is 6.83. The van der Waals surface area contributed by atoms with E-state index in [0.717, 1.165) is 19.0 Å². The van der Waals surface area contributed by atoms with E-state index in [0.29, 0.717) is 22.9 Å². The van der Waals surface area contributed by atoms with E-state index in [2.05, 4.69) is 11.4 Å². The molecular weight excluding hydrogens is 248 g/mol. The SMILES string of the molecule is N#Cc1ccccc1NC(=O)CCSC1COC1. The molecule has 1 aromatic carbocycles. The van der Waals surface area contributed by atoms with Crippen molar-refractivity contribution in [2.24, 2.45) is 0 Å². The van der Waals surface area contributed by atoms with E-state index in [1.54, 1.807) is 36.0 Å². The van der Waals surface area contributed by atoms with Gasteiger partial charge in [-0.25, -0.2) is 0 Å². The fourth-order valence-electron chi connectivity index (χ4n) is 1.53. The van der Waals surface area contributed by atoms with Crippen LogP contribution in [0.2, 0.25) is 0 Å².